The van der Waals surface area contributed by atoms with Crippen LogP contribution in [0, 0.1) is 5.92 Å². The fourth-order valence-electron chi connectivity index (χ4n) is 5.50. The van der Waals surface area contributed by atoms with E-state index in [1.807, 2.05) is 30.7 Å². The number of carboxylic acid groups (broad SMARTS) is 1. The number of aliphatic carboxylic acids is 1. The number of likely N-dealkylation sites (tertiary alicyclic amines) is 1. The van der Waals surface area contributed by atoms with Crippen LogP contribution in [0.3, 0.4) is 0 Å². The Balaban J connectivity index is 1.22. The Bertz CT molecular complexity index is 1300. The molecule has 0 spiro atoms. The molecule has 184 valence electrons. The third kappa shape index (κ3) is 4.48. The van der Waals surface area contributed by atoms with Crippen molar-refractivity contribution in [3.63, 3.8) is 0 Å². The normalized spacial score (nSPS) is 19.1. The Hall–Kier alpha value is -3.65. The third-order valence-corrected chi connectivity index (χ3v) is 7.52. The Morgan fingerprint density at radius 1 is 0.972 bits per heavy atom. The van der Waals surface area contributed by atoms with Crippen molar-refractivity contribution in [1.29, 1.82) is 0 Å². The number of carboxylic acids is 1. The quantitative estimate of drug-likeness (QED) is 0.544. The number of pyridine rings is 1. The van der Waals surface area contributed by atoms with Gasteiger partial charge in [-0.25, -0.2) is 4.99 Å². The summed E-state index contributed by atoms with van der Waals surface area (Å²) in [4.78, 5) is 27.1. The van der Waals surface area contributed by atoms with Crippen LogP contribution in [0.1, 0.15) is 54.8 Å². The van der Waals surface area contributed by atoms with Gasteiger partial charge in [0.1, 0.15) is 0 Å². The lowest BCUT2D eigenvalue weighted by Crippen LogP contribution is -2.49. The van der Waals surface area contributed by atoms with E-state index in [-0.39, 0.29) is 5.92 Å². The number of aliphatic imine (C=N–C) groups is 2. The highest BCUT2D eigenvalue weighted by atomic mass is 16.4. The van der Waals surface area contributed by atoms with Crippen molar-refractivity contribution < 1.29 is 9.90 Å². The van der Waals surface area contributed by atoms with Gasteiger partial charge in [-0.2, -0.15) is 5.10 Å². The molecule has 8 heteroatoms. The fourth-order valence-corrected chi connectivity index (χ4v) is 5.50. The van der Waals surface area contributed by atoms with Gasteiger partial charge in [0.25, 0.3) is 0 Å². The van der Waals surface area contributed by atoms with Crippen LogP contribution in [0.15, 0.2) is 65.0 Å². The zero-order valence-corrected chi connectivity index (χ0v) is 20.3. The first kappa shape index (κ1) is 22.8. The van der Waals surface area contributed by atoms with Gasteiger partial charge in [-0.3, -0.25) is 24.4 Å². The van der Waals surface area contributed by atoms with Gasteiger partial charge < -0.3 is 5.11 Å². The number of amidine groups is 1. The lowest BCUT2D eigenvalue weighted by Gasteiger charge is -2.36. The van der Waals surface area contributed by atoms with Crippen LogP contribution in [0.25, 0.3) is 11.3 Å². The van der Waals surface area contributed by atoms with Gasteiger partial charge in [0, 0.05) is 48.7 Å². The van der Waals surface area contributed by atoms with E-state index in [2.05, 4.69) is 38.8 Å². The lowest BCUT2D eigenvalue weighted by atomic mass is 9.94. The zero-order valence-electron chi connectivity index (χ0n) is 20.3. The van der Waals surface area contributed by atoms with Crippen molar-refractivity contribution in [2.24, 2.45) is 15.9 Å². The molecule has 6 rings (SSSR count). The SMILES string of the molecule is O=C(O)C1CN(Cc2ccc(C3=NCC(c4cnn(C5CCCCC5)c4-c4ccncc4)=N3)cc2)C1. The number of benzene rings is 1. The van der Waals surface area contributed by atoms with Crippen LogP contribution in [0.2, 0.25) is 0 Å². The highest BCUT2D eigenvalue weighted by Crippen LogP contribution is 2.34. The van der Waals surface area contributed by atoms with E-state index in [0.717, 1.165) is 53.3 Å². The molecule has 0 amide bonds. The first-order chi connectivity index (χ1) is 17.7. The van der Waals surface area contributed by atoms with E-state index in [1.165, 1.54) is 24.8 Å². The second kappa shape index (κ2) is 9.78. The van der Waals surface area contributed by atoms with Gasteiger partial charge in [-0.1, -0.05) is 43.5 Å². The number of rotatable bonds is 7. The second-order valence-electron chi connectivity index (χ2n) is 10.0. The third-order valence-electron chi connectivity index (χ3n) is 7.52. The van der Waals surface area contributed by atoms with Crippen molar-refractivity contribution in [3.05, 3.63) is 71.7 Å². The molecular formula is C28H30N6O2. The van der Waals surface area contributed by atoms with E-state index in [0.29, 0.717) is 25.7 Å². The molecule has 3 aromatic rings. The Morgan fingerprint density at radius 2 is 1.72 bits per heavy atom. The van der Waals surface area contributed by atoms with Crippen LogP contribution in [-0.2, 0) is 11.3 Å². The molecule has 0 bridgehead atoms. The maximum absolute atomic E-state index is 11.0. The molecule has 0 atom stereocenters. The van der Waals surface area contributed by atoms with Crippen molar-refractivity contribution >= 4 is 17.5 Å². The Morgan fingerprint density at radius 3 is 2.44 bits per heavy atom. The molecule has 4 heterocycles. The van der Waals surface area contributed by atoms with Gasteiger partial charge in [0.15, 0.2) is 5.84 Å². The summed E-state index contributed by atoms with van der Waals surface area (Å²) in [6.45, 7) is 2.54. The summed E-state index contributed by atoms with van der Waals surface area (Å²) in [6.07, 6.45) is 11.7. The summed E-state index contributed by atoms with van der Waals surface area (Å²) in [5.74, 6) is -0.187. The van der Waals surface area contributed by atoms with Gasteiger partial charge >= 0.3 is 5.97 Å². The van der Waals surface area contributed by atoms with E-state index in [4.69, 9.17) is 20.2 Å². The molecule has 2 aliphatic heterocycles. The monoisotopic (exact) mass is 482 g/mol. The summed E-state index contributed by atoms with van der Waals surface area (Å²) < 4.78 is 2.21. The molecule has 1 saturated heterocycles. The van der Waals surface area contributed by atoms with Gasteiger partial charge in [-0.05, 0) is 30.5 Å². The number of aromatic nitrogens is 3. The summed E-state index contributed by atoms with van der Waals surface area (Å²) >= 11 is 0. The fraction of sp³-hybridized carbons (Fsp3) is 0.393. The molecule has 0 radical (unpaired) electrons. The van der Waals surface area contributed by atoms with Crippen LogP contribution < -0.4 is 0 Å². The summed E-state index contributed by atoms with van der Waals surface area (Å²) in [6, 6.07) is 12.8. The van der Waals surface area contributed by atoms with Crippen molar-refractivity contribution in [1.82, 2.24) is 19.7 Å². The smallest absolute Gasteiger partial charge is 0.309 e. The second-order valence-corrected chi connectivity index (χ2v) is 10.0. The Labute approximate surface area is 210 Å². The number of carbonyl (C=O) groups is 1. The maximum atomic E-state index is 11.0. The molecule has 0 unspecified atom stereocenters. The standard InChI is InChI=1S/C28H30N6O2/c35-28(36)22-17-33(18-22)16-19-6-8-21(9-7-19)27-30-15-25(32-27)24-14-31-34(23-4-2-1-3-5-23)26(24)20-10-12-29-13-11-20/h6-14,22-23H,1-5,15-18H2,(H,35,36). The van der Waals surface area contributed by atoms with Gasteiger partial charge in [0.2, 0.25) is 0 Å². The van der Waals surface area contributed by atoms with Crippen LogP contribution >= 0.6 is 0 Å². The van der Waals surface area contributed by atoms with E-state index >= 15 is 0 Å². The molecule has 1 N–H and O–H groups in total. The van der Waals surface area contributed by atoms with E-state index in [1.54, 1.807) is 0 Å². The molecular weight excluding hydrogens is 452 g/mol. The molecule has 3 aliphatic rings. The van der Waals surface area contributed by atoms with Crippen molar-refractivity contribution in [3.8, 4) is 11.3 Å². The average molecular weight is 483 g/mol. The van der Waals surface area contributed by atoms with Crippen LogP contribution in [0.4, 0.5) is 0 Å². The molecule has 2 aromatic heterocycles. The zero-order chi connectivity index (χ0) is 24.5. The van der Waals surface area contributed by atoms with Crippen LogP contribution in [-0.4, -0.2) is 61.9 Å². The first-order valence-electron chi connectivity index (χ1n) is 12.8. The minimum atomic E-state index is -0.703. The number of nitrogens with zero attached hydrogens (tertiary/aromatic N) is 6. The molecule has 1 aliphatic carbocycles. The van der Waals surface area contributed by atoms with E-state index < -0.39 is 5.97 Å². The van der Waals surface area contributed by atoms with Gasteiger partial charge in [0.05, 0.1) is 36.1 Å². The average Bonchev–Trinajstić information content (AvgIpc) is 3.55. The van der Waals surface area contributed by atoms with Crippen molar-refractivity contribution in [2.75, 3.05) is 19.6 Å². The topological polar surface area (TPSA) is 96.0 Å². The number of hydrogen-bond donors (Lipinski definition) is 1. The molecule has 1 aromatic carbocycles. The predicted octanol–water partition coefficient (Wildman–Crippen LogP) is 4.22. The largest absolute Gasteiger partial charge is 0.481 e. The number of hydrogen-bond acceptors (Lipinski definition) is 6. The summed E-state index contributed by atoms with van der Waals surface area (Å²) in [5, 5.41) is 13.9. The first-order valence-corrected chi connectivity index (χ1v) is 12.8. The molecule has 1 saturated carbocycles. The van der Waals surface area contributed by atoms with Crippen molar-refractivity contribution in [2.45, 2.75) is 44.7 Å². The van der Waals surface area contributed by atoms with Gasteiger partial charge in [-0.15, -0.1) is 0 Å². The maximum Gasteiger partial charge on any atom is 0.309 e. The molecule has 36 heavy (non-hydrogen) atoms. The molecule has 8 nitrogen and oxygen atoms in total. The highest BCUT2D eigenvalue weighted by Gasteiger charge is 2.32. The summed E-state index contributed by atoms with van der Waals surface area (Å²) in [5.41, 5.74) is 6.38. The Kier molecular flexibility index (Phi) is 6.19. The van der Waals surface area contributed by atoms with Crippen LogP contribution in [0.5, 0.6) is 0 Å². The minimum absolute atomic E-state index is 0.232. The lowest BCUT2D eigenvalue weighted by molar-refractivity contribution is -0.147. The van der Waals surface area contributed by atoms with E-state index in [9.17, 15) is 4.79 Å². The molecule has 2 fully saturated rings. The predicted molar refractivity (Wildman–Crippen MR) is 138 cm³/mol. The summed E-state index contributed by atoms with van der Waals surface area (Å²) in [7, 11) is 0. The highest BCUT2D eigenvalue weighted by molar-refractivity contribution is 6.18. The minimum Gasteiger partial charge on any atom is -0.481 e.